The van der Waals surface area contributed by atoms with E-state index in [0.29, 0.717) is 0 Å². The van der Waals surface area contributed by atoms with Crippen LogP contribution in [0.2, 0.25) is 12.1 Å². The van der Waals surface area contributed by atoms with Crippen molar-refractivity contribution < 1.29 is 8.85 Å². The molecule has 1 aromatic carbocycles. The van der Waals surface area contributed by atoms with Gasteiger partial charge in [-0.05, 0) is 56.5 Å². The quantitative estimate of drug-likeness (QED) is 0.554. The number of benzene rings is 1. The lowest BCUT2D eigenvalue weighted by atomic mass is 10.1. The zero-order valence-electron chi connectivity index (χ0n) is 12.4. The van der Waals surface area contributed by atoms with Crippen molar-refractivity contribution in [2.75, 3.05) is 18.9 Å². The second kappa shape index (κ2) is 8.35. The predicted octanol–water partition coefficient (Wildman–Crippen LogP) is 3.74. The minimum atomic E-state index is -1.96. The average molecular weight is 281 g/mol. The van der Waals surface area contributed by atoms with E-state index >= 15 is 0 Å². The zero-order valence-corrected chi connectivity index (χ0v) is 13.4. The molecule has 0 heterocycles. The lowest BCUT2D eigenvalue weighted by molar-refractivity contribution is 0.183. The van der Waals surface area contributed by atoms with Crippen molar-refractivity contribution in [3.63, 3.8) is 0 Å². The van der Waals surface area contributed by atoms with E-state index in [-0.39, 0.29) is 0 Å². The van der Waals surface area contributed by atoms with E-state index in [9.17, 15) is 0 Å². The van der Waals surface area contributed by atoms with Crippen molar-refractivity contribution in [2.24, 2.45) is 0 Å². The molecule has 0 fully saturated rings. The van der Waals surface area contributed by atoms with Crippen LogP contribution in [-0.4, -0.2) is 21.8 Å². The highest BCUT2D eigenvalue weighted by Crippen LogP contribution is 2.22. The summed E-state index contributed by atoms with van der Waals surface area (Å²) in [5.74, 6) is 0. The molecule has 0 saturated heterocycles. The maximum Gasteiger partial charge on any atom is 0.337 e. The Balaban J connectivity index is 2.49. The highest BCUT2D eigenvalue weighted by Gasteiger charge is 2.34. The van der Waals surface area contributed by atoms with Crippen LogP contribution in [0.3, 0.4) is 0 Å². The predicted molar refractivity (Wildman–Crippen MR) is 83.5 cm³/mol. The van der Waals surface area contributed by atoms with Crippen LogP contribution in [-0.2, 0) is 15.3 Å². The fourth-order valence-corrected chi connectivity index (χ4v) is 5.24. The topological polar surface area (TPSA) is 44.5 Å². The third-order valence-electron chi connectivity index (χ3n) is 3.36. The van der Waals surface area contributed by atoms with Crippen LogP contribution in [0, 0.1) is 0 Å². The lowest BCUT2D eigenvalue weighted by Gasteiger charge is -2.29. The van der Waals surface area contributed by atoms with Gasteiger partial charge in [-0.15, -0.1) is 0 Å². The lowest BCUT2D eigenvalue weighted by Crippen LogP contribution is -2.41. The van der Waals surface area contributed by atoms with Crippen LogP contribution < -0.4 is 5.73 Å². The molecule has 4 heteroatoms. The van der Waals surface area contributed by atoms with Crippen LogP contribution in [0.5, 0.6) is 0 Å². The molecule has 0 saturated carbocycles. The largest absolute Gasteiger partial charge is 0.399 e. The van der Waals surface area contributed by atoms with Crippen molar-refractivity contribution in [3.8, 4) is 0 Å². The molecular weight excluding hydrogens is 254 g/mol. The number of nitrogen functional groups attached to an aromatic ring is 1. The van der Waals surface area contributed by atoms with Crippen LogP contribution in [0.25, 0.3) is 0 Å². The molecule has 1 rings (SSSR count). The van der Waals surface area contributed by atoms with Gasteiger partial charge >= 0.3 is 8.56 Å². The zero-order chi connectivity index (χ0) is 14.1. The van der Waals surface area contributed by atoms with Crippen molar-refractivity contribution in [1.29, 1.82) is 0 Å². The Morgan fingerprint density at radius 1 is 1.00 bits per heavy atom. The van der Waals surface area contributed by atoms with Gasteiger partial charge in [-0.25, -0.2) is 0 Å². The Labute approximate surface area is 118 Å². The third-order valence-corrected chi connectivity index (χ3v) is 7.18. The van der Waals surface area contributed by atoms with Gasteiger partial charge in [-0.3, -0.25) is 0 Å². The molecule has 108 valence electrons. The van der Waals surface area contributed by atoms with Crippen LogP contribution in [0.15, 0.2) is 24.3 Å². The Morgan fingerprint density at radius 2 is 1.58 bits per heavy atom. The minimum Gasteiger partial charge on any atom is -0.399 e. The third kappa shape index (κ3) is 5.34. The average Bonchev–Trinajstić information content (AvgIpc) is 2.41. The number of aryl methyl sites for hydroxylation is 1. The number of hydrogen-bond acceptors (Lipinski definition) is 3. The summed E-state index contributed by atoms with van der Waals surface area (Å²) in [6.07, 6.45) is 2.18. The molecule has 3 nitrogen and oxygen atoms in total. The highest BCUT2D eigenvalue weighted by atomic mass is 28.4. The summed E-state index contributed by atoms with van der Waals surface area (Å²) >= 11 is 0. The molecule has 1 aromatic rings. The van der Waals surface area contributed by atoms with Crippen LogP contribution >= 0.6 is 0 Å². The maximum absolute atomic E-state index is 5.97. The highest BCUT2D eigenvalue weighted by molar-refractivity contribution is 6.67. The van der Waals surface area contributed by atoms with Crippen molar-refractivity contribution in [3.05, 3.63) is 29.8 Å². The van der Waals surface area contributed by atoms with Crippen molar-refractivity contribution >= 4 is 14.2 Å². The Hall–Kier alpha value is -0.843. The summed E-state index contributed by atoms with van der Waals surface area (Å²) in [6.45, 7) is 7.79. The first-order valence-corrected chi connectivity index (χ1v) is 9.51. The normalized spacial score (nSPS) is 11.7. The van der Waals surface area contributed by atoms with E-state index in [0.717, 1.165) is 43.8 Å². The Kier molecular flexibility index (Phi) is 7.13. The van der Waals surface area contributed by atoms with Gasteiger partial charge in [0.2, 0.25) is 0 Å². The summed E-state index contributed by atoms with van der Waals surface area (Å²) in [5.41, 5.74) is 7.85. The van der Waals surface area contributed by atoms with Crippen molar-refractivity contribution in [2.45, 2.75) is 45.7 Å². The maximum atomic E-state index is 5.97. The van der Waals surface area contributed by atoms with Crippen molar-refractivity contribution in [1.82, 2.24) is 0 Å². The standard InChI is InChI=1S/C15H27NO2Si/c1-4-17-19(6-3,18-5-2)13-7-8-14-9-11-15(16)12-10-14/h9-12H,4-8,13,16H2,1-3H3. The SMILES string of the molecule is CCO[Si](CC)(CCCc1ccc(N)cc1)OCC. The molecule has 0 unspecified atom stereocenters. The molecule has 2 N–H and O–H groups in total. The molecule has 19 heavy (non-hydrogen) atoms. The molecule has 0 amide bonds. The monoisotopic (exact) mass is 281 g/mol. The van der Waals surface area contributed by atoms with Gasteiger partial charge in [0.25, 0.3) is 0 Å². The summed E-state index contributed by atoms with van der Waals surface area (Å²) in [6, 6.07) is 10.2. The summed E-state index contributed by atoms with van der Waals surface area (Å²) in [4.78, 5) is 0. The Morgan fingerprint density at radius 3 is 2.05 bits per heavy atom. The van der Waals surface area contributed by atoms with E-state index in [2.05, 4.69) is 32.9 Å². The number of nitrogens with two attached hydrogens (primary N) is 1. The van der Waals surface area contributed by atoms with E-state index in [1.807, 2.05) is 12.1 Å². The first-order chi connectivity index (χ1) is 9.15. The van der Waals surface area contributed by atoms with Gasteiger partial charge in [0, 0.05) is 18.9 Å². The molecular formula is C15H27NO2Si. The molecule has 0 atom stereocenters. The van der Waals surface area contributed by atoms with Gasteiger partial charge < -0.3 is 14.6 Å². The minimum absolute atomic E-state index is 0.752. The van der Waals surface area contributed by atoms with Gasteiger partial charge in [0.05, 0.1) is 0 Å². The second-order valence-electron chi connectivity index (χ2n) is 4.73. The van der Waals surface area contributed by atoms with Gasteiger partial charge in [0.1, 0.15) is 0 Å². The van der Waals surface area contributed by atoms with E-state index in [1.165, 1.54) is 5.56 Å². The summed E-state index contributed by atoms with van der Waals surface area (Å²) in [5, 5.41) is 0. The molecule has 0 aliphatic carbocycles. The molecule has 0 aromatic heterocycles. The van der Waals surface area contributed by atoms with Gasteiger partial charge in [-0.1, -0.05) is 19.1 Å². The summed E-state index contributed by atoms with van der Waals surface area (Å²) < 4.78 is 11.9. The number of rotatable bonds is 9. The summed E-state index contributed by atoms with van der Waals surface area (Å²) in [7, 11) is -1.96. The first-order valence-electron chi connectivity index (χ1n) is 7.28. The Bertz CT molecular complexity index is 348. The molecule has 0 spiro atoms. The fourth-order valence-electron chi connectivity index (χ4n) is 2.34. The van der Waals surface area contributed by atoms with Crippen LogP contribution in [0.1, 0.15) is 32.8 Å². The molecule has 0 aliphatic rings. The number of anilines is 1. The first kappa shape index (κ1) is 16.2. The molecule has 0 aliphatic heterocycles. The van der Waals surface area contributed by atoms with E-state index in [4.69, 9.17) is 14.6 Å². The number of hydrogen-bond donors (Lipinski definition) is 1. The van der Waals surface area contributed by atoms with E-state index in [1.54, 1.807) is 0 Å². The van der Waals surface area contributed by atoms with Gasteiger partial charge in [-0.2, -0.15) is 0 Å². The molecule has 0 radical (unpaired) electrons. The fraction of sp³-hybridized carbons (Fsp3) is 0.600. The van der Waals surface area contributed by atoms with Crippen LogP contribution in [0.4, 0.5) is 5.69 Å². The smallest absolute Gasteiger partial charge is 0.337 e. The molecule has 0 bridgehead atoms. The second-order valence-corrected chi connectivity index (χ2v) is 8.33. The van der Waals surface area contributed by atoms with Gasteiger partial charge in [0.15, 0.2) is 0 Å². The van der Waals surface area contributed by atoms with E-state index < -0.39 is 8.56 Å².